The second kappa shape index (κ2) is 9.67. The Labute approximate surface area is 171 Å². The first-order chi connectivity index (χ1) is 13.9. The summed E-state index contributed by atoms with van der Waals surface area (Å²) in [6, 6.07) is 3.65. The molecular weight excluding hydrogens is 375 g/mol. The van der Waals surface area contributed by atoms with Crippen LogP contribution in [-0.2, 0) is 16.1 Å². The standard InChI is InChI=1S/C22H31FN2O4/c1-25(18-3-2-4-18)21(26)20(24)15-7-5-14(6-8-15)12-29-13-16-9-10-17(23)11-19(16)22(27)28/h9-11,14-15,18,20H,2-8,12-13,24H2,1H3,(H,27,28)/t14?,15?,20-/m0/s1. The fourth-order valence-corrected chi connectivity index (χ4v) is 4.31. The number of carboxylic acid groups (broad SMARTS) is 1. The van der Waals surface area contributed by atoms with Gasteiger partial charge in [0.15, 0.2) is 0 Å². The van der Waals surface area contributed by atoms with Crippen LogP contribution in [0, 0.1) is 17.7 Å². The lowest BCUT2D eigenvalue weighted by Gasteiger charge is -2.38. The monoisotopic (exact) mass is 406 g/mol. The van der Waals surface area contributed by atoms with Gasteiger partial charge in [-0.15, -0.1) is 0 Å². The van der Waals surface area contributed by atoms with Gasteiger partial charge < -0.3 is 20.5 Å². The summed E-state index contributed by atoms with van der Waals surface area (Å²) in [7, 11) is 1.87. The minimum absolute atomic E-state index is 0.0613. The molecule has 0 aliphatic heterocycles. The highest BCUT2D eigenvalue weighted by Gasteiger charge is 2.34. The molecule has 1 aromatic rings. The maximum Gasteiger partial charge on any atom is 0.336 e. The van der Waals surface area contributed by atoms with Gasteiger partial charge in [0, 0.05) is 19.7 Å². The molecule has 1 atom stereocenters. The first-order valence-corrected chi connectivity index (χ1v) is 10.5. The van der Waals surface area contributed by atoms with E-state index in [1.54, 1.807) is 0 Å². The summed E-state index contributed by atoms with van der Waals surface area (Å²) in [5.41, 5.74) is 6.69. The molecule has 1 aromatic carbocycles. The molecule has 2 aliphatic carbocycles. The minimum atomic E-state index is -1.16. The molecule has 2 aliphatic rings. The van der Waals surface area contributed by atoms with E-state index in [1.807, 2.05) is 11.9 Å². The second-order valence-electron chi connectivity index (χ2n) is 8.46. The Kier molecular flexibility index (Phi) is 7.24. The lowest BCUT2D eigenvalue weighted by Crippen LogP contribution is -2.52. The van der Waals surface area contributed by atoms with Crippen molar-refractivity contribution in [1.82, 2.24) is 4.90 Å². The number of likely N-dealkylation sites (N-methyl/N-ethyl adjacent to an activating group) is 1. The van der Waals surface area contributed by atoms with Gasteiger partial charge in [-0.05, 0) is 74.5 Å². The zero-order valence-electron chi connectivity index (χ0n) is 17.0. The Morgan fingerprint density at radius 3 is 2.52 bits per heavy atom. The molecule has 1 amide bonds. The van der Waals surface area contributed by atoms with Crippen LogP contribution in [0.3, 0.4) is 0 Å². The summed E-state index contributed by atoms with van der Waals surface area (Å²) in [4.78, 5) is 25.7. The molecule has 0 unspecified atom stereocenters. The molecule has 29 heavy (non-hydrogen) atoms. The third-order valence-electron chi connectivity index (χ3n) is 6.57. The first-order valence-electron chi connectivity index (χ1n) is 10.5. The molecule has 0 heterocycles. The van der Waals surface area contributed by atoms with Gasteiger partial charge in [-0.2, -0.15) is 0 Å². The maximum atomic E-state index is 13.3. The summed E-state index contributed by atoms with van der Waals surface area (Å²) in [5.74, 6) is -1.09. The van der Waals surface area contributed by atoms with Crippen LogP contribution in [0.1, 0.15) is 60.9 Å². The van der Waals surface area contributed by atoms with E-state index in [1.165, 1.54) is 18.6 Å². The van der Waals surface area contributed by atoms with Crippen LogP contribution >= 0.6 is 0 Å². The molecular formula is C22H31FN2O4. The zero-order chi connectivity index (χ0) is 21.0. The Morgan fingerprint density at radius 2 is 1.93 bits per heavy atom. The fraction of sp³-hybridized carbons (Fsp3) is 0.636. The van der Waals surface area contributed by atoms with E-state index < -0.39 is 17.8 Å². The van der Waals surface area contributed by atoms with E-state index >= 15 is 0 Å². The predicted octanol–water partition coefficient (Wildman–Crippen LogP) is 3.19. The second-order valence-corrected chi connectivity index (χ2v) is 8.46. The Balaban J connectivity index is 1.42. The molecule has 160 valence electrons. The summed E-state index contributed by atoms with van der Waals surface area (Å²) < 4.78 is 19.0. The van der Waals surface area contributed by atoms with Crippen LogP contribution < -0.4 is 5.73 Å². The number of halogens is 1. The number of nitrogens with two attached hydrogens (primary N) is 1. The summed E-state index contributed by atoms with van der Waals surface area (Å²) >= 11 is 0. The van der Waals surface area contributed by atoms with Crippen molar-refractivity contribution in [2.45, 2.75) is 63.6 Å². The van der Waals surface area contributed by atoms with Crippen LogP contribution in [-0.4, -0.2) is 47.6 Å². The van der Waals surface area contributed by atoms with Crippen LogP contribution in [0.15, 0.2) is 18.2 Å². The number of amides is 1. The van der Waals surface area contributed by atoms with Gasteiger partial charge in [-0.25, -0.2) is 9.18 Å². The largest absolute Gasteiger partial charge is 0.478 e. The van der Waals surface area contributed by atoms with Crippen LogP contribution in [0.5, 0.6) is 0 Å². The number of carboxylic acids is 1. The predicted molar refractivity (Wildman–Crippen MR) is 107 cm³/mol. The molecule has 0 aromatic heterocycles. The maximum absolute atomic E-state index is 13.3. The van der Waals surface area contributed by atoms with E-state index in [4.69, 9.17) is 10.5 Å². The summed E-state index contributed by atoms with van der Waals surface area (Å²) in [6.07, 6.45) is 7.02. The molecule has 2 fully saturated rings. The topological polar surface area (TPSA) is 92.9 Å². The van der Waals surface area contributed by atoms with Crippen molar-refractivity contribution in [1.29, 1.82) is 0 Å². The number of nitrogens with zero attached hydrogens (tertiary/aromatic N) is 1. The van der Waals surface area contributed by atoms with Gasteiger partial charge in [-0.1, -0.05) is 6.07 Å². The van der Waals surface area contributed by atoms with Crippen molar-refractivity contribution in [2.24, 2.45) is 17.6 Å². The molecule has 3 N–H and O–H groups in total. The quantitative estimate of drug-likeness (QED) is 0.692. The Morgan fingerprint density at radius 1 is 1.24 bits per heavy atom. The first kappa shape index (κ1) is 21.7. The van der Waals surface area contributed by atoms with Gasteiger partial charge >= 0.3 is 5.97 Å². The molecule has 2 saturated carbocycles. The van der Waals surface area contributed by atoms with E-state index in [2.05, 4.69) is 0 Å². The molecule has 0 bridgehead atoms. The van der Waals surface area contributed by atoms with Gasteiger partial charge in [0.1, 0.15) is 5.82 Å². The molecule has 0 spiro atoms. The number of hydrogen-bond donors (Lipinski definition) is 2. The number of ether oxygens (including phenoxy) is 1. The van der Waals surface area contributed by atoms with Crippen molar-refractivity contribution >= 4 is 11.9 Å². The van der Waals surface area contributed by atoms with E-state index in [-0.39, 0.29) is 24.0 Å². The highest BCUT2D eigenvalue weighted by Crippen LogP contribution is 2.32. The number of rotatable bonds is 8. The lowest BCUT2D eigenvalue weighted by molar-refractivity contribution is -0.136. The van der Waals surface area contributed by atoms with Crippen molar-refractivity contribution in [2.75, 3.05) is 13.7 Å². The number of aromatic carboxylic acids is 1. The Hall–Kier alpha value is -1.99. The fourth-order valence-electron chi connectivity index (χ4n) is 4.31. The average molecular weight is 406 g/mol. The van der Waals surface area contributed by atoms with Crippen LogP contribution in [0.2, 0.25) is 0 Å². The van der Waals surface area contributed by atoms with Gasteiger partial charge in [0.25, 0.3) is 0 Å². The minimum Gasteiger partial charge on any atom is -0.478 e. The van der Waals surface area contributed by atoms with Crippen molar-refractivity contribution in [3.63, 3.8) is 0 Å². The number of benzene rings is 1. The highest BCUT2D eigenvalue weighted by molar-refractivity contribution is 5.89. The van der Waals surface area contributed by atoms with E-state index in [0.29, 0.717) is 24.1 Å². The zero-order valence-corrected chi connectivity index (χ0v) is 17.0. The van der Waals surface area contributed by atoms with Gasteiger partial charge in [-0.3, -0.25) is 4.79 Å². The third-order valence-corrected chi connectivity index (χ3v) is 6.57. The van der Waals surface area contributed by atoms with Crippen molar-refractivity contribution < 1.29 is 23.8 Å². The lowest BCUT2D eigenvalue weighted by atomic mass is 9.78. The van der Waals surface area contributed by atoms with Gasteiger partial charge in [0.2, 0.25) is 5.91 Å². The smallest absolute Gasteiger partial charge is 0.336 e. The summed E-state index contributed by atoms with van der Waals surface area (Å²) in [5, 5.41) is 9.19. The third kappa shape index (κ3) is 5.34. The molecule has 0 saturated heterocycles. The van der Waals surface area contributed by atoms with E-state index in [9.17, 15) is 19.1 Å². The molecule has 0 radical (unpaired) electrons. The molecule has 6 nitrogen and oxygen atoms in total. The van der Waals surface area contributed by atoms with Crippen molar-refractivity contribution in [3.05, 3.63) is 35.1 Å². The highest BCUT2D eigenvalue weighted by atomic mass is 19.1. The SMILES string of the molecule is CN(C(=O)[C@@H](N)C1CCC(COCc2ccc(F)cc2C(=O)O)CC1)C1CCC1. The molecule has 3 rings (SSSR count). The van der Waals surface area contributed by atoms with Gasteiger partial charge in [0.05, 0.1) is 18.2 Å². The summed E-state index contributed by atoms with van der Waals surface area (Å²) in [6.45, 7) is 0.667. The number of carbonyl (C=O) groups excluding carboxylic acids is 1. The normalized spacial score (nSPS) is 23.3. The van der Waals surface area contributed by atoms with E-state index in [0.717, 1.165) is 44.6 Å². The number of hydrogen-bond acceptors (Lipinski definition) is 4. The van der Waals surface area contributed by atoms with Crippen LogP contribution in [0.25, 0.3) is 0 Å². The Bertz CT molecular complexity index is 730. The van der Waals surface area contributed by atoms with Crippen molar-refractivity contribution in [3.8, 4) is 0 Å². The van der Waals surface area contributed by atoms with Crippen LogP contribution in [0.4, 0.5) is 4.39 Å². The average Bonchev–Trinajstić information content (AvgIpc) is 2.67. The molecule has 7 heteroatoms. The number of carbonyl (C=O) groups is 2.